The molecule has 32 heavy (non-hydrogen) atoms. The number of hydrogen-bond acceptors (Lipinski definition) is 4. The molecule has 1 heterocycles. The highest BCUT2D eigenvalue weighted by atomic mass is 79.9. The number of nitrogens with zero attached hydrogens (tertiary/aromatic N) is 1. The molecule has 0 aromatic heterocycles. The van der Waals surface area contributed by atoms with E-state index in [9.17, 15) is 9.18 Å². The standard InChI is InChI=1S/C23H14Br2ClFN2O2S/c24-15-9-13(10-16(25)21(15)31-12-14-5-1-3-7-18(14)27)11-20-22(30)29-23(32-20)28-19-8-4-2-6-17(19)26/h1-11H,12H2,(H,28,29,30)/b20-11+. The second kappa shape index (κ2) is 10.2. The fourth-order valence-electron chi connectivity index (χ4n) is 2.85. The van der Waals surface area contributed by atoms with Crippen LogP contribution in [-0.2, 0) is 11.4 Å². The Morgan fingerprint density at radius 1 is 1.09 bits per heavy atom. The Hall–Kier alpha value is -2.13. The molecule has 1 aliphatic heterocycles. The maximum Gasteiger partial charge on any atom is 0.264 e. The van der Waals surface area contributed by atoms with E-state index in [0.29, 0.717) is 41.0 Å². The summed E-state index contributed by atoms with van der Waals surface area (Å²) in [5.41, 5.74) is 1.82. The number of carbonyl (C=O) groups excluding carboxylic acids is 1. The number of nitrogens with one attached hydrogen (secondary N) is 1. The maximum absolute atomic E-state index is 13.8. The largest absolute Gasteiger partial charge is 0.486 e. The van der Waals surface area contributed by atoms with Crippen molar-refractivity contribution in [2.24, 2.45) is 4.99 Å². The molecular weight excluding hydrogens is 583 g/mol. The average Bonchev–Trinajstić information content (AvgIpc) is 3.09. The Labute approximate surface area is 210 Å². The third kappa shape index (κ3) is 5.43. The Bertz CT molecular complexity index is 1240. The second-order valence-corrected chi connectivity index (χ2v) is 9.77. The molecule has 0 atom stereocenters. The summed E-state index contributed by atoms with van der Waals surface area (Å²) in [6, 6.07) is 17.3. The Kier molecular flexibility index (Phi) is 7.35. The van der Waals surface area contributed by atoms with Gasteiger partial charge in [-0.05, 0) is 85.6 Å². The summed E-state index contributed by atoms with van der Waals surface area (Å²) in [6.07, 6.45) is 1.76. The molecule has 0 spiro atoms. The minimum Gasteiger partial charge on any atom is -0.486 e. The van der Waals surface area contributed by atoms with E-state index in [1.807, 2.05) is 24.3 Å². The van der Waals surface area contributed by atoms with Crippen LogP contribution in [0.4, 0.5) is 10.1 Å². The zero-order chi connectivity index (χ0) is 22.7. The van der Waals surface area contributed by atoms with E-state index < -0.39 is 0 Å². The average molecular weight is 597 g/mol. The fourth-order valence-corrected chi connectivity index (χ4v) is 5.31. The normalized spacial score (nSPS) is 15.9. The van der Waals surface area contributed by atoms with Crippen LogP contribution in [0.25, 0.3) is 6.08 Å². The first-order valence-electron chi connectivity index (χ1n) is 9.30. The van der Waals surface area contributed by atoms with Crippen molar-refractivity contribution in [1.29, 1.82) is 0 Å². The topological polar surface area (TPSA) is 50.7 Å². The lowest BCUT2D eigenvalue weighted by atomic mass is 10.2. The van der Waals surface area contributed by atoms with Crippen LogP contribution in [0.2, 0.25) is 5.02 Å². The number of benzene rings is 3. The van der Waals surface area contributed by atoms with E-state index >= 15 is 0 Å². The summed E-state index contributed by atoms with van der Waals surface area (Å²) in [7, 11) is 0. The number of halogens is 4. The lowest BCUT2D eigenvalue weighted by molar-refractivity contribution is -0.115. The first kappa shape index (κ1) is 23.0. The molecule has 162 valence electrons. The highest BCUT2D eigenvalue weighted by Gasteiger charge is 2.24. The zero-order valence-corrected chi connectivity index (χ0v) is 21.0. The third-order valence-corrected chi connectivity index (χ3v) is 6.78. The molecule has 1 amide bonds. The number of hydrogen-bond donors (Lipinski definition) is 1. The molecular formula is C23H14Br2ClFN2O2S. The lowest BCUT2D eigenvalue weighted by Gasteiger charge is -2.12. The van der Waals surface area contributed by atoms with Gasteiger partial charge in [-0.25, -0.2) is 9.38 Å². The van der Waals surface area contributed by atoms with Gasteiger partial charge in [-0.1, -0.05) is 41.9 Å². The van der Waals surface area contributed by atoms with Crippen molar-refractivity contribution < 1.29 is 13.9 Å². The van der Waals surface area contributed by atoms with Gasteiger partial charge in [0.25, 0.3) is 5.91 Å². The Balaban J connectivity index is 1.52. The highest BCUT2D eigenvalue weighted by molar-refractivity contribution is 9.11. The maximum atomic E-state index is 13.8. The highest BCUT2D eigenvalue weighted by Crippen LogP contribution is 2.37. The zero-order valence-electron chi connectivity index (χ0n) is 16.2. The van der Waals surface area contributed by atoms with Gasteiger partial charge in [-0.3, -0.25) is 4.79 Å². The molecule has 1 saturated heterocycles. The number of amidine groups is 1. The molecule has 0 unspecified atom stereocenters. The van der Waals surface area contributed by atoms with Gasteiger partial charge < -0.3 is 10.1 Å². The molecule has 1 fully saturated rings. The van der Waals surface area contributed by atoms with Crippen molar-refractivity contribution >= 4 is 78.1 Å². The number of thioether (sulfide) groups is 1. The van der Waals surface area contributed by atoms with Crippen molar-refractivity contribution in [3.8, 4) is 5.75 Å². The predicted molar refractivity (Wildman–Crippen MR) is 135 cm³/mol. The van der Waals surface area contributed by atoms with Crippen molar-refractivity contribution in [1.82, 2.24) is 5.32 Å². The number of para-hydroxylation sites is 1. The van der Waals surface area contributed by atoms with Crippen LogP contribution < -0.4 is 10.1 Å². The third-order valence-electron chi connectivity index (χ3n) is 4.37. The first-order chi connectivity index (χ1) is 15.4. The minimum atomic E-state index is -0.320. The van der Waals surface area contributed by atoms with Gasteiger partial charge in [-0.2, -0.15) is 0 Å². The van der Waals surface area contributed by atoms with E-state index in [2.05, 4.69) is 42.2 Å². The number of rotatable bonds is 5. The fraction of sp³-hybridized carbons (Fsp3) is 0.0435. The Morgan fingerprint density at radius 3 is 2.50 bits per heavy atom. The van der Waals surface area contributed by atoms with Crippen LogP contribution in [0.5, 0.6) is 5.75 Å². The summed E-state index contributed by atoms with van der Waals surface area (Å²) in [6.45, 7) is 0.0877. The van der Waals surface area contributed by atoms with E-state index in [1.54, 1.807) is 36.4 Å². The number of ether oxygens (including phenoxy) is 1. The van der Waals surface area contributed by atoms with E-state index in [1.165, 1.54) is 17.8 Å². The van der Waals surface area contributed by atoms with Crippen molar-refractivity contribution in [2.75, 3.05) is 0 Å². The number of amides is 1. The summed E-state index contributed by atoms with van der Waals surface area (Å²) in [5.74, 6) is -0.0209. The van der Waals surface area contributed by atoms with Gasteiger partial charge in [0.2, 0.25) is 0 Å². The molecule has 0 saturated carbocycles. The van der Waals surface area contributed by atoms with Crippen molar-refractivity contribution in [2.45, 2.75) is 6.61 Å². The summed E-state index contributed by atoms with van der Waals surface area (Å²) >= 11 is 14.4. The quantitative estimate of drug-likeness (QED) is 0.311. The molecule has 0 aliphatic carbocycles. The molecule has 0 radical (unpaired) electrons. The van der Waals surface area contributed by atoms with Gasteiger partial charge in [0, 0.05) is 5.56 Å². The van der Waals surface area contributed by atoms with Crippen LogP contribution in [0.3, 0.4) is 0 Å². The minimum absolute atomic E-state index is 0.0877. The van der Waals surface area contributed by atoms with Crippen LogP contribution in [0.1, 0.15) is 11.1 Å². The van der Waals surface area contributed by atoms with Gasteiger partial charge in [-0.15, -0.1) is 0 Å². The Morgan fingerprint density at radius 2 is 1.78 bits per heavy atom. The van der Waals surface area contributed by atoms with Gasteiger partial charge in [0.05, 0.1) is 24.6 Å². The molecule has 4 nitrogen and oxygen atoms in total. The van der Waals surface area contributed by atoms with Crippen LogP contribution >= 0.6 is 55.2 Å². The molecule has 0 bridgehead atoms. The van der Waals surface area contributed by atoms with Crippen LogP contribution in [0.15, 0.2) is 79.5 Å². The summed E-state index contributed by atoms with van der Waals surface area (Å²) < 4.78 is 21.0. The van der Waals surface area contributed by atoms with Crippen molar-refractivity contribution in [3.63, 3.8) is 0 Å². The summed E-state index contributed by atoms with van der Waals surface area (Å²) in [5, 5.41) is 3.71. The van der Waals surface area contributed by atoms with Gasteiger partial charge >= 0.3 is 0 Å². The van der Waals surface area contributed by atoms with Gasteiger partial charge in [0.15, 0.2) is 5.17 Å². The monoisotopic (exact) mass is 594 g/mol. The molecule has 3 aromatic carbocycles. The van der Waals surface area contributed by atoms with E-state index in [0.717, 1.165) is 5.56 Å². The molecule has 9 heteroatoms. The predicted octanol–water partition coefficient (Wildman–Crippen LogP) is 7.47. The number of carbonyl (C=O) groups is 1. The van der Waals surface area contributed by atoms with E-state index in [4.69, 9.17) is 16.3 Å². The lowest BCUT2D eigenvalue weighted by Crippen LogP contribution is -2.19. The molecule has 4 rings (SSSR count). The first-order valence-corrected chi connectivity index (χ1v) is 12.1. The molecule has 1 N–H and O–H groups in total. The molecule has 3 aromatic rings. The smallest absolute Gasteiger partial charge is 0.264 e. The second-order valence-electron chi connectivity index (χ2n) is 6.63. The SMILES string of the molecule is O=C1NC(=Nc2ccccc2Cl)S/C1=C/c1cc(Br)c(OCc2ccccc2F)c(Br)c1. The summed E-state index contributed by atoms with van der Waals surface area (Å²) in [4.78, 5) is 17.3. The molecule has 1 aliphatic rings. The van der Waals surface area contributed by atoms with Crippen LogP contribution in [0, 0.1) is 5.82 Å². The van der Waals surface area contributed by atoms with Gasteiger partial charge in [0.1, 0.15) is 18.2 Å². The van der Waals surface area contributed by atoms with Crippen LogP contribution in [-0.4, -0.2) is 11.1 Å². The van der Waals surface area contributed by atoms with Crippen molar-refractivity contribution in [3.05, 3.63) is 96.5 Å². The number of aliphatic imine (C=N–C) groups is 1. The van der Waals surface area contributed by atoms with E-state index in [-0.39, 0.29) is 18.3 Å².